The average molecular weight is 262 g/mol. The fraction of sp³-hybridized carbons (Fsp3) is 0.0667. The molecule has 0 fully saturated rings. The summed E-state index contributed by atoms with van der Waals surface area (Å²) >= 11 is 0. The SMILES string of the molecule is OCc1ccc2c3nccnc3c3cccnc3c2n1. The average Bonchev–Trinajstić information content (AvgIpc) is 2.54. The largest absolute Gasteiger partial charge is 0.390 e. The third-order valence-corrected chi connectivity index (χ3v) is 3.36. The van der Waals surface area contributed by atoms with Gasteiger partial charge in [-0.05, 0) is 24.3 Å². The second-order valence-corrected chi connectivity index (χ2v) is 4.51. The van der Waals surface area contributed by atoms with Gasteiger partial charge in [0, 0.05) is 29.4 Å². The van der Waals surface area contributed by atoms with Crippen molar-refractivity contribution in [1.29, 1.82) is 0 Å². The van der Waals surface area contributed by atoms with Crippen LogP contribution in [0.4, 0.5) is 0 Å². The van der Waals surface area contributed by atoms with Crippen LogP contribution in [0.2, 0.25) is 0 Å². The standard InChI is InChI=1S/C15H10N4O/c20-8-9-3-4-11-13-12(17-6-7-18-13)10-2-1-5-16-14(10)15(11)19-9/h1-7,20H,8H2. The molecule has 0 amide bonds. The van der Waals surface area contributed by atoms with Gasteiger partial charge in [0.25, 0.3) is 0 Å². The van der Waals surface area contributed by atoms with E-state index in [0.717, 1.165) is 32.8 Å². The molecule has 0 radical (unpaired) electrons. The zero-order valence-corrected chi connectivity index (χ0v) is 10.5. The van der Waals surface area contributed by atoms with E-state index in [2.05, 4.69) is 19.9 Å². The predicted octanol–water partition coefficient (Wildman–Crippen LogP) is 2.22. The Morgan fingerprint density at radius 1 is 0.750 bits per heavy atom. The Morgan fingerprint density at radius 2 is 1.40 bits per heavy atom. The fourth-order valence-electron chi connectivity index (χ4n) is 2.48. The smallest absolute Gasteiger partial charge is 0.0992 e. The number of pyridine rings is 2. The molecule has 0 atom stereocenters. The van der Waals surface area contributed by atoms with Crippen LogP contribution in [0.15, 0.2) is 42.9 Å². The highest BCUT2D eigenvalue weighted by Gasteiger charge is 2.12. The van der Waals surface area contributed by atoms with Gasteiger partial charge in [0.15, 0.2) is 0 Å². The first-order chi connectivity index (χ1) is 9.88. The monoisotopic (exact) mass is 262 g/mol. The van der Waals surface area contributed by atoms with Gasteiger partial charge in [-0.15, -0.1) is 0 Å². The Morgan fingerprint density at radius 3 is 2.15 bits per heavy atom. The summed E-state index contributed by atoms with van der Waals surface area (Å²) in [6, 6.07) is 7.55. The molecule has 5 heteroatoms. The van der Waals surface area contributed by atoms with Crippen LogP contribution in [0, 0.1) is 0 Å². The summed E-state index contributed by atoms with van der Waals surface area (Å²) in [5, 5.41) is 11.1. The summed E-state index contributed by atoms with van der Waals surface area (Å²) < 4.78 is 0. The van der Waals surface area contributed by atoms with Gasteiger partial charge in [-0.2, -0.15) is 0 Å². The number of rotatable bonds is 1. The van der Waals surface area contributed by atoms with E-state index in [0.29, 0.717) is 5.69 Å². The lowest BCUT2D eigenvalue weighted by Gasteiger charge is -2.07. The third-order valence-electron chi connectivity index (χ3n) is 3.36. The molecule has 0 aliphatic rings. The number of fused-ring (bicyclic) bond motifs is 6. The Balaban J connectivity index is 2.35. The van der Waals surface area contributed by atoms with E-state index in [-0.39, 0.29) is 6.61 Å². The van der Waals surface area contributed by atoms with E-state index in [1.165, 1.54) is 0 Å². The molecule has 1 aromatic carbocycles. The molecular weight excluding hydrogens is 252 g/mol. The highest BCUT2D eigenvalue weighted by atomic mass is 16.3. The lowest BCUT2D eigenvalue weighted by molar-refractivity contribution is 0.277. The van der Waals surface area contributed by atoms with Gasteiger partial charge >= 0.3 is 0 Å². The first-order valence-electron chi connectivity index (χ1n) is 6.26. The predicted molar refractivity (Wildman–Crippen MR) is 76.1 cm³/mol. The molecule has 1 N–H and O–H groups in total. The molecular formula is C15H10N4O. The summed E-state index contributed by atoms with van der Waals surface area (Å²) in [6.07, 6.45) is 5.08. The first-order valence-corrected chi connectivity index (χ1v) is 6.26. The summed E-state index contributed by atoms with van der Waals surface area (Å²) in [5.74, 6) is 0. The molecule has 20 heavy (non-hydrogen) atoms. The molecule has 0 unspecified atom stereocenters. The lowest BCUT2D eigenvalue weighted by atomic mass is 10.1. The highest BCUT2D eigenvalue weighted by Crippen LogP contribution is 2.30. The maximum absolute atomic E-state index is 9.27. The molecule has 0 aliphatic heterocycles. The van der Waals surface area contributed by atoms with Crippen LogP contribution in [-0.4, -0.2) is 25.0 Å². The van der Waals surface area contributed by atoms with Crippen molar-refractivity contribution >= 4 is 32.8 Å². The van der Waals surface area contributed by atoms with Gasteiger partial charge in [-0.1, -0.05) is 0 Å². The van der Waals surface area contributed by atoms with Crippen LogP contribution in [0.3, 0.4) is 0 Å². The Labute approximate surface area is 114 Å². The van der Waals surface area contributed by atoms with Crippen LogP contribution in [0.25, 0.3) is 32.8 Å². The first kappa shape index (κ1) is 11.2. The molecule has 0 bridgehead atoms. The maximum atomic E-state index is 9.27. The number of nitrogens with zero attached hydrogens (tertiary/aromatic N) is 4. The van der Waals surface area contributed by atoms with E-state index in [1.54, 1.807) is 24.7 Å². The Bertz CT molecular complexity index is 917. The number of hydrogen-bond acceptors (Lipinski definition) is 5. The second-order valence-electron chi connectivity index (χ2n) is 4.51. The minimum atomic E-state index is -0.0945. The molecule has 4 rings (SSSR count). The van der Waals surface area contributed by atoms with Crippen molar-refractivity contribution in [2.75, 3.05) is 0 Å². The zero-order valence-electron chi connectivity index (χ0n) is 10.5. The molecule has 5 nitrogen and oxygen atoms in total. The molecule has 0 saturated carbocycles. The topological polar surface area (TPSA) is 71.8 Å². The number of aromatic nitrogens is 4. The zero-order chi connectivity index (χ0) is 13.5. The molecule has 0 saturated heterocycles. The number of hydrogen-bond donors (Lipinski definition) is 1. The highest BCUT2D eigenvalue weighted by molar-refractivity contribution is 6.20. The molecule has 0 aliphatic carbocycles. The van der Waals surface area contributed by atoms with E-state index < -0.39 is 0 Å². The van der Waals surface area contributed by atoms with Crippen molar-refractivity contribution in [3.05, 3.63) is 48.5 Å². The molecule has 0 spiro atoms. The Hall–Kier alpha value is -2.66. The van der Waals surface area contributed by atoms with Gasteiger partial charge in [0.05, 0.1) is 34.4 Å². The summed E-state index contributed by atoms with van der Waals surface area (Å²) in [6.45, 7) is -0.0945. The minimum Gasteiger partial charge on any atom is -0.390 e. The van der Waals surface area contributed by atoms with Crippen molar-refractivity contribution in [1.82, 2.24) is 19.9 Å². The van der Waals surface area contributed by atoms with Gasteiger partial charge < -0.3 is 5.11 Å². The number of aliphatic hydroxyl groups is 1. The van der Waals surface area contributed by atoms with Crippen LogP contribution in [0.1, 0.15) is 5.69 Å². The van der Waals surface area contributed by atoms with Crippen molar-refractivity contribution in [2.24, 2.45) is 0 Å². The normalized spacial score (nSPS) is 11.4. The number of aliphatic hydroxyl groups excluding tert-OH is 1. The molecule has 3 aromatic heterocycles. The second kappa shape index (κ2) is 4.18. The molecule has 96 valence electrons. The maximum Gasteiger partial charge on any atom is 0.0992 e. The van der Waals surface area contributed by atoms with E-state index in [1.807, 2.05) is 18.2 Å². The van der Waals surface area contributed by atoms with Crippen LogP contribution in [0.5, 0.6) is 0 Å². The van der Waals surface area contributed by atoms with Crippen molar-refractivity contribution in [2.45, 2.75) is 6.61 Å². The van der Waals surface area contributed by atoms with Crippen LogP contribution >= 0.6 is 0 Å². The van der Waals surface area contributed by atoms with Gasteiger partial charge in [0.1, 0.15) is 0 Å². The minimum absolute atomic E-state index is 0.0945. The fourth-order valence-corrected chi connectivity index (χ4v) is 2.48. The Kier molecular flexibility index (Phi) is 2.34. The summed E-state index contributed by atoms with van der Waals surface area (Å²) in [4.78, 5) is 17.8. The lowest BCUT2D eigenvalue weighted by Crippen LogP contribution is -1.95. The third kappa shape index (κ3) is 1.47. The quantitative estimate of drug-likeness (QED) is 0.532. The summed E-state index contributed by atoms with van der Waals surface area (Å²) in [5.41, 5.74) is 3.78. The number of benzene rings is 1. The molecule has 3 heterocycles. The van der Waals surface area contributed by atoms with E-state index in [4.69, 9.17) is 0 Å². The van der Waals surface area contributed by atoms with E-state index in [9.17, 15) is 5.11 Å². The van der Waals surface area contributed by atoms with E-state index >= 15 is 0 Å². The van der Waals surface area contributed by atoms with Gasteiger partial charge in [0.2, 0.25) is 0 Å². The summed E-state index contributed by atoms with van der Waals surface area (Å²) in [7, 11) is 0. The van der Waals surface area contributed by atoms with Gasteiger partial charge in [-0.25, -0.2) is 4.98 Å². The van der Waals surface area contributed by atoms with Crippen LogP contribution < -0.4 is 0 Å². The van der Waals surface area contributed by atoms with Gasteiger partial charge in [-0.3, -0.25) is 15.0 Å². The van der Waals surface area contributed by atoms with Crippen LogP contribution in [-0.2, 0) is 6.61 Å². The van der Waals surface area contributed by atoms with Crippen molar-refractivity contribution < 1.29 is 5.11 Å². The molecule has 4 aromatic rings. The van der Waals surface area contributed by atoms with Crippen molar-refractivity contribution in [3.63, 3.8) is 0 Å². The van der Waals surface area contributed by atoms with Crippen molar-refractivity contribution in [3.8, 4) is 0 Å².